The summed E-state index contributed by atoms with van der Waals surface area (Å²) in [7, 11) is 0. The first kappa shape index (κ1) is 12.5. The van der Waals surface area contributed by atoms with Crippen LogP contribution in [-0.4, -0.2) is 9.97 Å². The van der Waals surface area contributed by atoms with Crippen LogP contribution in [0.4, 0.5) is 0 Å². The van der Waals surface area contributed by atoms with Crippen molar-refractivity contribution in [2.24, 2.45) is 0 Å². The van der Waals surface area contributed by atoms with Gasteiger partial charge in [-0.1, -0.05) is 24.3 Å². The normalized spacial score (nSPS) is 10.2. The molecule has 1 aromatic carbocycles. The zero-order chi connectivity index (χ0) is 13.8. The Morgan fingerprint density at radius 3 is 2.65 bits per heavy atom. The summed E-state index contributed by atoms with van der Waals surface area (Å²) < 4.78 is 0. The Labute approximate surface area is 121 Å². The largest absolute Gasteiger partial charge is 0.245 e. The Hall–Kier alpha value is -2.51. The van der Waals surface area contributed by atoms with Gasteiger partial charge in [0, 0.05) is 18.3 Å². The predicted octanol–water partition coefficient (Wildman–Crippen LogP) is 3.67. The predicted molar refractivity (Wildman–Crippen MR) is 79.3 cm³/mol. The van der Waals surface area contributed by atoms with Gasteiger partial charge in [0.25, 0.3) is 0 Å². The second-order valence-corrected chi connectivity index (χ2v) is 5.27. The average molecular weight is 277 g/mol. The van der Waals surface area contributed by atoms with Crippen molar-refractivity contribution < 1.29 is 0 Å². The fourth-order valence-electron chi connectivity index (χ4n) is 2.03. The fraction of sp³-hybridized carbons (Fsp3) is 0.0625. The molecule has 3 aromatic rings. The summed E-state index contributed by atoms with van der Waals surface area (Å²) in [5.41, 5.74) is 4.02. The SMILES string of the molecule is N#Cc1ccsc1-c1ccc(Cc2ccncn2)cc1. The van der Waals surface area contributed by atoms with E-state index >= 15 is 0 Å². The van der Waals surface area contributed by atoms with Crippen LogP contribution in [-0.2, 0) is 6.42 Å². The van der Waals surface area contributed by atoms with E-state index in [-0.39, 0.29) is 0 Å². The summed E-state index contributed by atoms with van der Waals surface area (Å²) in [6.45, 7) is 0. The standard InChI is InChI=1S/C16H11N3S/c17-10-14-6-8-20-16(14)13-3-1-12(2-4-13)9-15-5-7-18-11-19-15/h1-8,11H,9H2. The number of nitriles is 1. The van der Waals surface area contributed by atoms with E-state index in [9.17, 15) is 0 Å². The maximum Gasteiger partial charge on any atom is 0.115 e. The molecule has 2 heterocycles. The Kier molecular flexibility index (Phi) is 3.53. The van der Waals surface area contributed by atoms with Crippen LogP contribution in [0.15, 0.2) is 54.3 Å². The average Bonchev–Trinajstić information content (AvgIpc) is 2.98. The highest BCUT2D eigenvalue weighted by Gasteiger charge is 2.06. The Bertz CT molecular complexity index is 739. The molecular formula is C16H11N3S. The van der Waals surface area contributed by atoms with Crippen LogP contribution in [0.2, 0.25) is 0 Å². The van der Waals surface area contributed by atoms with Crippen molar-refractivity contribution in [3.8, 4) is 16.5 Å². The van der Waals surface area contributed by atoms with Gasteiger partial charge in [0.15, 0.2) is 0 Å². The molecule has 0 saturated heterocycles. The van der Waals surface area contributed by atoms with Crippen molar-refractivity contribution in [1.29, 1.82) is 5.26 Å². The molecule has 0 amide bonds. The van der Waals surface area contributed by atoms with Crippen molar-refractivity contribution in [1.82, 2.24) is 9.97 Å². The number of nitrogens with zero attached hydrogens (tertiary/aromatic N) is 3. The van der Waals surface area contributed by atoms with Crippen LogP contribution in [0.3, 0.4) is 0 Å². The lowest BCUT2D eigenvalue weighted by Gasteiger charge is -2.03. The summed E-state index contributed by atoms with van der Waals surface area (Å²) in [5.74, 6) is 0. The number of rotatable bonds is 3. The first-order chi connectivity index (χ1) is 9.86. The summed E-state index contributed by atoms with van der Waals surface area (Å²) in [6.07, 6.45) is 4.11. The zero-order valence-electron chi connectivity index (χ0n) is 10.7. The van der Waals surface area contributed by atoms with E-state index in [0.29, 0.717) is 0 Å². The summed E-state index contributed by atoms with van der Waals surface area (Å²) in [6, 6.07) is 14.3. The molecule has 4 heteroatoms. The maximum absolute atomic E-state index is 9.06. The minimum atomic E-state index is 0.735. The number of hydrogen-bond acceptors (Lipinski definition) is 4. The molecular weight excluding hydrogens is 266 g/mol. The lowest BCUT2D eigenvalue weighted by atomic mass is 10.0. The highest BCUT2D eigenvalue weighted by molar-refractivity contribution is 7.13. The van der Waals surface area contributed by atoms with Gasteiger partial charge in [-0.2, -0.15) is 5.26 Å². The van der Waals surface area contributed by atoms with Gasteiger partial charge in [-0.25, -0.2) is 9.97 Å². The van der Waals surface area contributed by atoms with Crippen molar-refractivity contribution in [3.05, 3.63) is 71.1 Å². The lowest BCUT2D eigenvalue weighted by molar-refractivity contribution is 1.03. The van der Waals surface area contributed by atoms with E-state index in [1.165, 1.54) is 5.56 Å². The van der Waals surface area contributed by atoms with E-state index in [4.69, 9.17) is 5.26 Å². The van der Waals surface area contributed by atoms with Crippen molar-refractivity contribution >= 4 is 11.3 Å². The molecule has 0 spiro atoms. The van der Waals surface area contributed by atoms with Gasteiger partial charge >= 0.3 is 0 Å². The third kappa shape index (κ3) is 2.58. The molecule has 0 N–H and O–H groups in total. The van der Waals surface area contributed by atoms with Gasteiger partial charge in [0.2, 0.25) is 0 Å². The third-order valence-electron chi connectivity index (χ3n) is 3.03. The maximum atomic E-state index is 9.06. The van der Waals surface area contributed by atoms with Crippen LogP contribution >= 0.6 is 11.3 Å². The number of benzene rings is 1. The molecule has 0 fully saturated rings. The van der Waals surface area contributed by atoms with Crippen LogP contribution in [0, 0.1) is 11.3 Å². The van der Waals surface area contributed by atoms with Gasteiger partial charge in [0.1, 0.15) is 12.4 Å². The van der Waals surface area contributed by atoms with Gasteiger partial charge < -0.3 is 0 Å². The van der Waals surface area contributed by atoms with E-state index in [1.54, 1.807) is 23.9 Å². The van der Waals surface area contributed by atoms with E-state index < -0.39 is 0 Å². The molecule has 0 radical (unpaired) electrons. The number of thiophene rings is 1. The quantitative estimate of drug-likeness (QED) is 0.734. The Morgan fingerprint density at radius 1 is 1.10 bits per heavy atom. The minimum absolute atomic E-state index is 0.735. The summed E-state index contributed by atoms with van der Waals surface area (Å²) >= 11 is 1.59. The number of hydrogen-bond donors (Lipinski definition) is 0. The van der Waals surface area contributed by atoms with Gasteiger partial charge in [-0.05, 0) is 28.6 Å². The van der Waals surface area contributed by atoms with Crippen molar-refractivity contribution in [3.63, 3.8) is 0 Å². The topological polar surface area (TPSA) is 49.6 Å². The molecule has 0 aliphatic heterocycles. The van der Waals surface area contributed by atoms with Crippen molar-refractivity contribution in [2.45, 2.75) is 6.42 Å². The second-order valence-electron chi connectivity index (χ2n) is 4.35. The van der Waals surface area contributed by atoms with E-state index in [2.05, 4.69) is 40.3 Å². The Morgan fingerprint density at radius 2 is 1.95 bits per heavy atom. The smallest absolute Gasteiger partial charge is 0.115 e. The molecule has 3 rings (SSSR count). The highest BCUT2D eigenvalue weighted by atomic mass is 32.1. The van der Waals surface area contributed by atoms with Gasteiger partial charge in [0.05, 0.1) is 10.4 Å². The highest BCUT2D eigenvalue weighted by Crippen LogP contribution is 2.29. The Balaban J connectivity index is 1.84. The molecule has 0 atom stereocenters. The first-order valence-electron chi connectivity index (χ1n) is 6.18. The van der Waals surface area contributed by atoms with Crippen LogP contribution in [0.25, 0.3) is 10.4 Å². The zero-order valence-corrected chi connectivity index (χ0v) is 11.5. The molecule has 0 saturated carbocycles. The monoisotopic (exact) mass is 277 g/mol. The third-order valence-corrected chi connectivity index (χ3v) is 3.99. The molecule has 0 aliphatic carbocycles. The van der Waals surface area contributed by atoms with E-state index in [0.717, 1.165) is 28.1 Å². The molecule has 3 nitrogen and oxygen atoms in total. The van der Waals surface area contributed by atoms with Crippen LogP contribution < -0.4 is 0 Å². The first-order valence-corrected chi connectivity index (χ1v) is 7.06. The molecule has 20 heavy (non-hydrogen) atoms. The van der Waals surface area contributed by atoms with Gasteiger partial charge in [-0.15, -0.1) is 11.3 Å². The number of aromatic nitrogens is 2. The fourth-order valence-corrected chi connectivity index (χ4v) is 2.88. The lowest BCUT2D eigenvalue weighted by Crippen LogP contribution is -1.92. The van der Waals surface area contributed by atoms with E-state index in [1.807, 2.05) is 17.5 Å². The summed E-state index contributed by atoms with van der Waals surface area (Å²) in [4.78, 5) is 9.16. The molecule has 0 unspecified atom stereocenters. The second kappa shape index (κ2) is 5.64. The van der Waals surface area contributed by atoms with Crippen LogP contribution in [0.5, 0.6) is 0 Å². The minimum Gasteiger partial charge on any atom is -0.245 e. The molecule has 96 valence electrons. The molecule has 0 bridgehead atoms. The van der Waals surface area contributed by atoms with Gasteiger partial charge in [-0.3, -0.25) is 0 Å². The van der Waals surface area contributed by atoms with Crippen molar-refractivity contribution in [2.75, 3.05) is 0 Å². The summed E-state index contributed by atoms with van der Waals surface area (Å²) in [5, 5.41) is 11.0. The molecule has 2 aromatic heterocycles. The van der Waals surface area contributed by atoms with Crippen LogP contribution in [0.1, 0.15) is 16.8 Å². The molecule has 0 aliphatic rings.